The SMILES string of the molecule is C[N+](C)([O-])CCNC(=O)CC(c1ccc(-c2ccccc2)cc1)c1ccc(-c2ccccc2)cc1. The van der Waals surface area contributed by atoms with Gasteiger partial charge in [-0.05, 0) is 33.4 Å². The predicted octanol–water partition coefficient (Wildman–Crippen LogP) is 6.23. The number of hydroxylamine groups is 3. The van der Waals surface area contributed by atoms with Crippen LogP contribution in [0.4, 0.5) is 0 Å². The summed E-state index contributed by atoms with van der Waals surface area (Å²) in [6.45, 7) is 0.704. The standard InChI is InChI=1S/C31H32N2O2/c1-33(2,35)22-21-32-31(34)23-30(28-17-13-26(14-18-28)24-9-5-3-6-10-24)29-19-15-27(16-20-29)25-11-7-4-8-12-25/h3-20,30H,21-23H2,1-2H3,(H,32,34). The second kappa shape index (κ2) is 11.1. The second-order valence-electron chi connectivity index (χ2n) is 9.38. The first kappa shape index (κ1) is 24.4. The van der Waals surface area contributed by atoms with Crippen molar-refractivity contribution in [2.24, 2.45) is 0 Å². The summed E-state index contributed by atoms with van der Waals surface area (Å²) >= 11 is 0. The molecule has 0 saturated carbocycles. The third-order valence-electron chi connectivity index (χ3n) is 6.20. The van der Waals surface area contributed by atoms with E-state index in [0.29, 0.717) is 19.5 Å². The van der Waals surface area contributed by atoms with E-state index in [1.165, 1.54) is 11.1 Å². The smallest absolute Gasteiger partial charge is 0.221 e. The number of carbonyl (C=O) groups is 1. The van der Waals surface area contributed by atoms with E-state index in [2.05, 4.69) is 78.1 Å². The van der Waals surface area contributed by atoms with Crippen LogP contribution in [0.2, 0.25) is 0 Å². The minimum Gasteiger partial charge on any atom is -0.633 e. The van der Waals surface area contributed by atoms with Crippen molar-refractivity contribution in [3.8, 4) is 22.3 Å². The number of carbonyl (C=O) groups excluding carboxylic acids is 1. The normalized spacial score (nSPS) is 11.4. The van der Waals surface area contributed by atoms with E-state index >= 15 is 0 Å². The lowest BCUT2D eigenvalue weighted by atomic mass is 9.86. The Morgan fingerprint density at radius 3 is 1.49 bits per heavy atom. The summed E-state index contributed by atoms with van der Waals surface area (Å²) in [4.78, 5) is 12.8. The fourth-order valence-electron chi connectivity index (χ4n) is 4.23. The quantitative estimate of drug-likeness (QED) is 0.236. The van der Waals surface area contributed by atoms with Gasteiger partial charge in [0.25, 0.3) is 0 Å². The van der Waals surface area contributed by atoms with Crippen molar-refractivity contribution in [3.63, 3.8) is 0 Å². The van der Waals surface area contributed by atoms with Gasteiger partial charge in [0.05, 0.1) is 27.2 Å². The van der Waals surface area contributed by atoms with Crippen LogP contribution in [0.15, 0.2) is 109 Å². The van der Waals surface area contributed by atoms with Crippen molar-refractivity contribution in [2.45, 2.75) is 12.3 Å². The molecule has 4 aromatic rings. The lowest BCUT2D eigenvalue weighted by molar-refractivity contribution is -0.838. The topological polar surface area (TPSA) is 52.2 Å². The molecule has 0 heterocycles. The molecule has 0 aromatic heterocycles. The van der Waals surface area contributed by atoms with Crippen molar-refractivity contribution >= 4 is 5.91 Å². The molecule has 0 fully saturated rings. The Bertz CT molecular complexity index is 1130. The van der Waals surface area contributed by atoms with Crippen molar-refractivity contribution in [1.29, 1.82) is 0 Å². The van der Waals surface area contributed by atoms with E-state index in [9.17, 15) is 10.0 Å². The number of rotatable bonds is 9. The van der Waals surface area contributed by atoms with Crippen LogP contribution in [-0.2, 0) is 4.79 Å². The van der Waals surface area contributed by atoms with Crippen LogP contribution in [0.1, 0.15) is 23.5 Å². The minimum absolute atomic E-state index is 0.0530. The maximum atomic E-state index is 12.8. The molecule has 0 aliphatic carbocycles. The number of benzene rings is 4. The minimum atomic E-state index is -0.425. The zero-order chi connectivity index (χ0) is 24.7. The molecule has 0 aliphatic heterocycles. The molecule has 0 atom stereocenters. The highest BCUT2D eigenvalue weighted by atomic mass is 16.5. The molecule has 0 saturated heterocycles. The first-order valence-corrected chi connectivity index (χ1v) is 12.0. The first-order chi connectivity index (χ1) is 16.9. The highest BCUT2D eigenvalue weighted by molar-refractivity contribution is 5.78. The van der Waals surface area contributed by atoms with Crippen LogP contribution < -0.4 is 5.32 Å². The van der Waals surface area contributed by atoms with Crippen molar-refractivity contribution in [3.05, 3.63) is 126 Å². The van der Waals surface area contributed by atoms with Crippen LogP contribution in [0.5, 0.6) is 0 Å². The van der Waals surface area contributed by atoms with Gasteiger partial charge >= 0.3 is 0 Å². The Morgan fingerprint density at radius 1 is 0.686 bits per heavy atom. The largest absolute Gasteiger partial charge is 0.633 e. The Labute approximate surface area is 208 Å². The summed E-state index contributed by atoms with van der Waals surface area (Å²) in [5.41, 5.74) is 6.80. The number of hydrogen-bond donors (Lipinski definition) is 1. The average molecular weight is 465 g/mol. The first-order valence-electron chi connectivity index (χ1n) is 12.0. The van der Waals surface area contributed by atoms with Gasteiger partial charge in [-0.25, -0.2) is 0 Å². The average Bonchev–Trinajstić information content (AvgIpc) is 2.88. The number of hydrogen-bond acceptors (Lipinski definition) is 2. The molecule has 1 N–H and O–H groups in total. The molecule has 0 unspecified atom stereocenters. The predicted molar refractivity (Wildman–Crippen MR) is 144 cm³/mol. The number of nitrogens with one attached hydrogen (secondary N) is 1. The summed E-state index contributed by atoms with van der Waals surface area (Å²) < 4.78 is -0.425. The molecule has 4 rings (SSSR count). The molecule has 1 amide bonds. The van der Waals surface area contributed by atoms with Crippen LogP contribution in [0, 0.1) is 5.21 Å². The molecular weight excluding hydrogens is 432 g/mol. The zero-order valence-electron chi connectivity index (χ0n) is 20.4. The zero-order valence-corrected chi connectivity index (χ0v) is 20.4. The number of likely N-dealkylation sites (N-methyl/N-ethyl adjacent to an activating group) is 1. The van der Waals surface area contributed by atoms with Crippen LogP contribution in [0.25, 0.3) is 22.3 Å². The molecule has 35 heavy (non-hydrogen) atoms. The van der Waals surface area contributed by atoms with E-state index < -0.39 is 4.65 Å². The fraction of sp³-hybridized carbons (Fsp3) is 0.194. The lowest BCUT2D eigenvalue weighted by Gasteiger charge is -2.33. The number of quaternary nitrogens is 1. The lowest BCUT2D eigenvalue weighted by Crippen LogP contribution is -2.40. The van der Waals surface area contributed by atoms with Gasteiger partial charge in [-0.1, -0.05) is 109 Å². The third-order valence-corrected chi connectivity index (χ3v) is 6.20. The summed E-state index contributed by atoms with van der Waals surface area (Å²) in [6.07, 6.45) is 0.321. The monoisotopic (exact) mass is 464 g/mol. The van der Waals surface area contributed by atoms with Gasteiger partial charge < -0.3 is 15.2 Å². The van der Waals surface area contributed by atoms with Gasteiger partial charge in [-0.3, -0.25) is 4.79 Å². The maximum Gasteiger partial charge on any atom is 0.221 e. The van der Waals surface area contributed by atoms with Crippen molar-refractivity contribution in [2.75, 3.05) is 27.2 Å². The molecular formula is C31H32N2O2. The van der Waals surface area contributed by atoms with Gasteiger partial charge in [0.1, 0.15) is 0 Å². The molecule has 0 radical (unpaired) electrons. The van der Waals surface area contributed by atoms with E-state index in [-0.39, 0.29) is 11.8 Å². The van der Waals surface area contributed by atoms with Crippen LogP contribution in [0.3, 0.4) is 0 Å². The van der Waals surface area contributed by atoms with Crippen molar-refractivity contribution in [1.82, 2.24) is 5.32 Å². The maximum absolute atomic E-state index is 12.8. The van der Waals surface area contributed by atoms with Gasteiger partial charge in [0, 0.05) is 12.3 Å². The van der Waals surface area contributed by atoms with Gasteiger partial charge in [-0.15, -0.1) is 0 Å². The van der Waals surface area contributed by atoms with Gasteiger partial charge in [0.15, 0.2) is 0 Å². The van der Waals surface area contributed by atoms with E-state index in [4.69, 9.17) is 0 Å². The molecule has 0 spiro atoms. The molecule has 4 heteroatoms. The third kappa shape index (κ3) is 6.89. The summed E-state index contributed by atoms with van der Waals surface area (Å²) in [5, 5.41) is 14.8. The van der Waals surface area contributed by atoms with Gasteiger partial charge in [0.2, 0.25) is 5.91 Å². The Balaban J connectivity index is 1.57. The second-order valence-corrected chi connectivity index (χ2v) is 9.38. The Hall–Kier alpha value is -3.73. The molecule has 4 aromatic carbocycles. The summed E-state index contributed by atoms with van der Waals surface area (Å²) in [6, 6.07) is 37.5. The van der Waals surface area contributed by atoms with E-state index in [1.54, 1.807) is 14.1 Å². The Kier molecular flexibility index (Phi) is 7.76. The highest BCUT2D eigenvalue weighted by Crippen LogP contribution is 2.31. The fourth-order valence-corrected chi connectivity index (χ4v) is 4.23. The molecule has 0 aliphatic rings. The van der Waals surface area contributed by atoms with Crippen molar-refractivity contribution < 1.29 is 9.44 Å². The molecule has 4 nitrogen and oxygen atoms in total. The molecule has 178 valence electrons. The number of amides is 1. The Morgan fingerprint density at radius 2 is 1.09 bits per heavy atom. The summed E-state index contributed by atoms with van der Waals surface area (Å²) in [5.74, 6) is -0.137. The van der Waals surface area contributed by atoms with Crippen LogP contribution >= 0.6 is 0 Å². The highest BCUT2D eigenvalue weighted by Gasteiger charge is 2.19. The summed E-state index contributed by atoms with van der Waals surface area (Å²) in [7, 11) is 3.16. The van der Waals surface area contributed by atoms with Crippen LogP contribution in [-0.4, -0.2) is 37.7 Å². The van der Waals surface area contributed by atoms with E-state index in [1.807, 2.05) is 36.4 Å². The van der Waals surface area contributed by atoms with E-state index in [0.717, 1.165) is 22.3 Å². The van der Waals surface area contributed by atoms with Gasteiger partial charge in [-0.2, -0.15) is 0 Å². The molecule has 0 bridgehead atoms. The number of nitrogens with zero attached hydrogens (tertiary/aromatic N) is 1.